The number of imidazole rings is 1. The van der Waals surface area contributed by atoms with Gasteiger partial charge in [0.05, 0.1) is 12.1 Å². The predicted octanol–water partition coefficient (Wildman–Crippen LogP) is -0.0374. The average Bonchev–Trinajstić information content (AvgIpc) is 2.61. The Labute approximate surface area is 88.9 Å². The summed E-state index contributed by atoms with van der Waals surface area (Å²) in [4.78, 5) is 17.9. The molecule has 1 aromatic heterocycles. The zero-order valence-corrected chi connectivity index (χ0v) is 9.10. The summed E-state index contributed by atoms with van der Waals surface area (Å²) in [7, 11) is 0. The van der Waals surface area contributed by atoms with Crippen LogP contribution in [0.4, 0.5) is 0 Å². The summed E-state index contributed by atoms with van der Waals surface area (Å²) in [5.41, 5.74) is 4.99. The van der Waals surface area contributed by atoms with Crippen molar-refractivity contribution in [3.63, 3.8) is 0 Å². The molecule has 0 spiro atoms. The normalized spacial score (nSPS) is 16.3. The first-order valence-electron chi connectivity index (χ1n) is 5.07. The Kier molecular flexibility index (Phi) is 2.26. The van der Waals surface area contributed by atoms with Crippen LogP contribution in [0.25, 0.3) is 0 Å². The molecule has 0 aromatic carbocycles. The minimum absolute atomic E-state index is 0.0169. The molecule has 0 aliphatic carbocycles. The first kappa shape index (κ1) is 10.2. The van der Waals surface area contributed by atoms with Gasteiger partial charge in [-0.1, -0.05) is 0 Å². The minimum Gasteiger partial charge on any atom is -0.332 e. The van der Waals surface area contributed by atoms with Crippen molar-refractivity contribution < 1.29 is 4.79 Å². The second kappa shape index (κ2) is 3.34. The van der Waals surface area contributed by atoms with E-state index >= 15 is 0 Å². The Balaban J connectivity index is 2.14. The van der Waals surface area contributed by atoms with Crippen LogP contribution in [0.5, 0.6) is 0 Å². The summed E-state index contributed by atoms with van der Waals surface area (Å²) >= 11 is 0. The maximum Gasteiger partial charge on any atom is 0.242 e. The Morgan fingerprint density at radius 3 is 2.93 bits per heavy atom. The van der Waals surface area contributed by atoms with Crippen LogP contribution in [-0.2, 0) is 17.9 Å². The molecule has 0 saturated heterocycles. The predicted molar refractivity (Wildman–Crippen MR) is 55.9 cm³/mol. The van der Waals surface area contributed by atoms with Gasteiger partial charge in [-0.15, -0.1) is 0 Å². The molecule has 5 nitrogen and oxygen atoms in total. The number of fused-ring (bicyclic) bond motifs is 1. The molecule has 82 valence electrons. The summed E-state index contributed by atoms with van der Waals surface area (Å²) in [6.45, 7) is 5.54. The number of hydrogen-bond donors (Lipinski definition) is 1. The zero-order chi connectivity index (χ0) is 11.1. The van der Waals surface area contributed by atoms with Gasteiger partial charge in [-0.25, -0.2) is 4.98 Å². The van der Waals surface area contributed by atoms with Crippen LogP contribution >= 0.6 is 0 Å². The van der Waals surface area contributed by atoms with Gasteiger partial charge in [0.15, 0.2) is 0 Å². The lowest BCUT2D eigenvalue weighted by Gasteiger charge is -2.32. The quantitative estimate of drug-likeness (QED) is 0.704. The van der Waals surface area contributed by atoms with E-state index in [1.165, 1.54) is 0 Å². The van der Waals surface area contributed by atoms with E-state index in [2.05, 4.69) is 9.55 Å². The topological polar surface area (TPSA) is 64.2 Å². The fourth-order valence-corrected chi connectivity index (χ4v) is 1.75. The molecule has 2 heterocycles. The maximum atomic E-state index is 11.9. The van der Waals surface area contributed by atoms with E-state index in [0.717, 1.165) is 12.4 Å². The van der Waals surface area contributed by atoms with Crippen LogP contribution in [0.3, 0.4) is 0 Å². The molecule has 0 radical (unpaired) electrons. The highest BCUT2D eigenvalue weighted by molar-refractivity contribution is 5.85. The third-order valence-corrected chi connectivity index (χ3v) is 2.58. The van der Waals surface area contributed by atoms with Crippen LogP contribution in [-0.4, -0.2) is 32.4 Å². The average molecular weight is 208 g/mol. The number of aromatic nitrogens is 2. The molecule has 0 fully saturated rings. The monoisotopic (exact) mass is 208 g/mol. The fraction of sp³-hybridized carbons (Fsp3) is 0.600. The molecular formula is C10H16N4O. The van der Waals surface area contributed by atoms with E-state index in [9.17, 15) is 4.79 Å². The number of nitrogens with zero attached hydrogens (tertiary/aromatic N) is 3. The largest absolute Gasteiger partial charge is 0.332 e. The Morgan fingerprint density at radius 1 is 1.53 bits per heavy atom. The summed E-state index contributed by atoms with van der Waals surface area (Å²) in [5, 5.41) is 0. The van der Waals surface area contributed by atoms with Gasteiger partial charge < -0.3 is 15.2 Å². The molecule has 0 unspecified atom stereocenters. The number of hydrogen-bond acceptors (Lipinski definition) is 3. The highest BCUT2D eigenvalue weighted by atomic mass is 16.2. The van der Waals surface area contributed by atoms with Gasteiger partial charge in [0.1, 0.15) is 5.82 Å². The van der Waals surface area contributed by atoms with Gasteiger partial charge in [0.25, 0.3) is 0 Å². The van der Waals surface area contributed by atoms with Crippen molar-refractivity contribution in [3.8, 4) is 0 Å². The van der Waals surface area contributed by atoms with E-state index in [4.69, 9.17) is 5.73 Å². The van der Waals surface area contributed by atoms with Crippen LogP contribution in [0.1, 0.15) is 19.7 Å². The van der Waals surface area contributed by atoms with Crippen molar-refractivity contribution in [1.82, 2.24) is 14.5 Å². The summed E-state index contributed by atoms with van der Waals surface area (Å²) in [6.07, 6.45) is 3.70. The molecule has 1 aliphatic rings. The highest BCUT2D eigenvalue weighted by Gasteiger charge is 2.30. The fourth-order valence-electron chi connectivity index (χ4n) is 1.75. The van der Waals surface area contributed by atoms with E-state index in [0.29, 0.717) is 13.1 Å². The molecule has 0 atom stereocenters. The van der Waals surface area contributed by atoms with Crippen LogP contribution in [0.2, 0.25) is 0 Å². The van der Waals surface area contributed by atoms with Gasteiger partial charge in [-0.3, -0.25) is 4.79 Å². The summed E-state index contributed by atoms with van der Waals surface area (Å²) in [6, 6.07) is 0. The van der Waals surface area contributed by atoms with Crippen molar-refractivity contribution >= 4 is 5.91 Å². The smallest absolute Gasteiger partial charge is 0.242 e. The maximum absolute atomic E-state index is 11.9. The number of amides is 1. The van der Waals surface area contributed by atoms with Crippen LogP contribution < -0.4 is 5.73 Å². The molecule has 0 saturated carbocycles. The SMILES string of the molecule is CC(C)(N)C(=O)N1CCn2ccnc2C1. The van der Waals surface area contributed by atoms with Crippen molar-refractivity contribution in [3.05, 3.63) is 18.2 Å². The first-order chi connectivity index (χ1) is 6.98. The Hall–Kier alpha value is -1.36. The third kappa shape index (κ3) is 1.87. The second-order valence-electron chi connectivity index (χ2n) is 4.49. The molecule has 15 heavy (non-hydrogen) atoms. The Bertz CT molecular complexity index is 377. The summed E-state index contributed by atoms with van der Waals surface area (Å²) < 4.78 is 2.06. The molecule has 1 aliphatic heterocycles. The van der Waals surface area contributed by atoms with Gasteiger partial charge in [-0.05, 0) is 13.8 Å². The standard InChI is InChI=1S/C10H16N4O/c1-10(2,11)9(15)14-6-5-13-4-3-12-8(13)7-14/h3-4H,5-7,11H2,1-2H3. The zero-order valence-electron chi connectivity index (χ0n) is 9.10. The first-order valence-corrected chi connectivity index (χ1v) is 5.07. The van der Waals surface area contributed by atoms with Crippen molar-refractivity contribution in [2.75, 3.05) is 6.54 Å². The molecule has 2 N–H and O–H groups in total. The number of rotatable bonds is 1. The molecule has 1 amide bonds. The molecule has 1 aromatic rings. The molecule has 0 bridgehead atoms. The van der Waals surface area contributed by atoms with Crippen LogP contribution in [0, 0.1) is 0 Å². The van der Waals surface area contributed by atoms with Gasteiger partial charge in [0.2, 0.25) is 5.91 Å². The lowest BCUT2D eigenvalue weighted by Crippen LogP contribution is -2.52. The summed E-state index contributed by atoms with van der Waals surface area (Å²) in [5.74, 6) is 0.913. The number of carbonyl (C=O) groups excluding carboxylic acids is 1. The highest BCUT2D eigenvalue weighted by Crippen LogP contribution is 2.13. The second-order valence-corrected chi connectivity index (χ2v) is 4.49. The van der Waals surface area contributed by atoms with Gasteiger partial charge >= 0.3 is 0 Å². The van der Waals surface area contributed by atoms with Crippen molar-refractivity contribution in [2.24, 2.45) is 5.73 Å². The van der Waals surface area contributed by atoms with E-state index in [1.807, 2.05) is 6.20 Å². The molecule has 2 rings (SSSR count). The Morgan fingerprint density at radius 2 is 2.27 bits per heavy atom. The van der Waals surface area contributed by atoms with Gasteiger partial charge in [-0.2, -0.15) is 0 Å². The van der Waals surface area contributed by atoms with E-state index in [-0.39, 0.29) is 5.91 Å². The van der Waals surface area contributed by atoms with Gasteiger partial charge in [0, 0.05) is 25.5 Å². The number of carbonyl (C=O) groups is 1. The van der Waals surface area contributed by atoms with E-state index < -0.39 is 5.54 Å². The third-order valence-electron chi connectivity index (χ3n) is 2.58. The molecule has 5 heteroatoms. The lowest BCUT2D eigenvalue weighted by molar-refractivity contribution is -0.137. The minimum atomic E-state index is -0.797. The number of nitrogens with two attached hydrogens (primary N) is 1. The lowest BCUT2D eigenvalue weighted by atomic mass is 10.1. The van der Waals surface area contributed by atoms with Crippen LogP contribution in [0.15, 0.2) is 12.4 Å². The van der Waals surface area contributed by atoms with Crippen molar-refractivity contribution in [1.29, 1.82) is 0 Å². The molecular weight excluding hydrogens is 192 g/mol. The van der Waals surface area contributed by atoms with Crippen molar-refractivity contribution in [2.45, 2.75) is 32.5 Å². The van der Waals surface area contributed by atoms with E-state index in [1.54, 1.807) is 24.9 Å².